The molecule has 15 heavy (non-hydrogen) atoms. The predicted octanol–water partition coefficient (Wildman–Crippen LogP) is -1.70. The number of thioether (sulfide) groups is 1. The molecule has 0 saturated carbocycles. The molecule has 0 aromatic carbocycles. The fraction of sp³-hybridized carbons (Fsp3) is 0.833. The molecule has 0 fully saturated rings. The standard InChI is InChI=1S/C6H14NO4PS2.K/c1-4-14-5-6(2)7-10-11-12(8,13)9-3;/h4-5H2,1-3H3,(H,8,13);/q;+1/p-1. The van der Waals surface area contributed by atoms with Crippen molar-refractivity contribution in [1.29, 1.82) is 0 Å². The molecule has 0 aromatic heterocycles. The SMILES string of the molecule is CCSCC(C)=NOOP([O-])(=S)OC.[K+]. The van der Waals surface area contributed by atoms with Gasteiger partial charge in [-0.25, -0.2) is 4.99 Å². The van der Waals surface area contributed by atoms with E-state index in [2.05, 4.69) is 31.1 Å². The minimum absolute atomic E-state index is 0. The summed E-state index contributed by atoms with van der Waals surface area (Å²) in [5, 5.41) is 3.55. The predicted molar refractivity (Wildman–Crippen MR) is 59.6 cm³/mol. The van der Waals surface area contributed by atoms with Crippen LogP contribution in [-0.4, -0.2) is 24.3 Å². The second kappa shape index (κ2) is 11.1. The van der Waals surface area contributed by atoms with Gasteiger partial charge in [-0.3, -0.25) is 0 Å². The van der Waals surface area contributed by atoms with E-state index in [9.17, 15) is 4.89 Å². The van der Waals surface area contributed by atoms with E-state index in [1.807, 2.05) is 6.92 Å². The summed E-state index contributed by atoms with van der Waals surface area (Å²) in [4.78, 5) is 15.3. The Morgan fingerprint density at radius 3 is 2.67 bits per heavy atom. The average Bonchev–Trinajstić information content (AvgIpc) is 2.14. The van der Waals surface area contributed by atoms with E-state index >= 15 is 0 Å². The normalized spacial score (nSPS) is 15.3. The molecule has 0 heterocycles. The third-order valence-corrected chi connectivity index (χ3v) is 3.41. The molecule has 0 aromatic rings. The first-order valence-corrected chi connectivity index (χ1v) is 7.56. The zero-order chi connectivity index (χ0) is 11.0. The summed E-state index contributed by atoms with van der Waals surface area (Å²) < 4.78 is 8.63. The summed E-state index contributed by atoms with van der Waals surface area (Å²) in [6.07, 6.45) is 0. The third kappa shape index (κ3) is 12.2. The summed E-state index contributed by atoms with van der Waals surface area (Å²) in [6.45, 7) is 0.302. The maximum atomic E-state index is 10.9. The number of hydrogen-bond donors (Lipinski definition) is 0. The van der Waals surface area contributed by atoms with Crippen molar-refractivity contribution < 1.29 is 70.5 Å². The van der Waals surface area contributed by atoms with E-state index in [-0.39, 0.29) is 51.4 Å². The second-order valence-corrected chi connectivity index (χ2v) is 6.27. The number of rotatable bonds is 7. The van der Waals surface area contributed by atoms with Crippen molar-refractivity contribution in [2.75, 3.05) is 18.6 Å². The van der Waals surface area contributed by atoms with Gasteiger partial charge in [0.2, 0.25) is 0 Å². The molecule has 0 rings (SSSR count). The Kier molecular flexibility index (Phi) is 14.3. The van der Waals surface area contributed by atoms with E-state index in [4.69, 9.17) is 0 Å². The maximum absolute atomic E-state index is 10.9. The number of hydrogen-bond acceptors (Lipinski definition) is 7. The molecule has 0 spiro atoms. The van der Waals surface area contributed by atoms with Gasteiger partial charge in [0.15, 0.2) is 6.72 Å². The molecule has 84 valence electrons. The molecule has 1 atom stereocenters. The van der Waals surface area contributed by atoms with E-state index in [0.717, 1.165) is 17.2 Å². The largest absolute Gasteiger partial charge is 1.00 e. The van der Waals surface area contributed by atoms with E-state index in [1.54, 1.807) is 18.7 Å². The van der Waals surface area contributed by atoms with Crippen LogP contribution < -0.4 is 56.3 Å². The van der Waals surface area contributed by atoms with Crippen LogP contribution in [0.2, 0.25) is 0 Å². The van der Waals surface area contributed by atoms with Crippen LogP contribution in [0.5, 0.6) is 0 Å². The molecule has 5 nitrogen and oxygen atoms in total. The maximum Gasteiger partial charge on any atom is 1.00 e. The third-order valence-electron chi connectivity index (χ3n) is 1.06. The molecule has 0 bridgehead atoms. The zero-order valence-corrected chi connectivity index (χ0v) is 14.9. The fourth-order valence-corrected chi connectivity index (χ4v) is 1.24. The Labute approximate surface area is 142 Å². The molecule has 0 saturated heterocycles. The molecule has 0 N–H and O–H groups in total. The topological polar surface area (TPSA) is 63.1 Å². The van der Waals surface area contributed by atoms with Gasteiger partial charge in [0.25, 0.3) is 0 Å². The van der Waals surface area contributed by atoms with Crippen LogP contribution in [-0.2, 0) is 26.0 Å². The first-order valence-electron chi connectivity index (χ1n) is 3.85. The molecule has 0 aliphatic rings. The van der Waals surface area contributed by atoms with E-state index in [0.29, 0.717) is 0 Å². The van der Waals surface area contributed by atoms with Crippen molar-refractivity contribution in [3.8, 4) is 0 Å². The molecule has 1 unspecified atom stereocenters. The van der Waals surface area contributed by atoms with Crippen molar-refractivity contribution in [3.63, 3.8) is 0 Å². The van der Waals surface area contributed by atoms with Crippen molar-refractivity contribution in [2.24, 2.45) is 5.16 Å². The van der Waals surface area contributed by atoms with Crippen molar-refractivity contribution in [3.05, 3.63) is 0 Å². The summed E-state index contributed by atoms with van der Waals surface area (Å²) in [7, 11) is 1.18. The molecule has 0 aliphatic heterocycles. The van der Waals surface area contributed by atoms with Crippen LogP contribution in [0.4, 0.5) is 0 Å². The average molecular weight is 297 g/mol. The van der Waals surface area contributed by atoms with Gasteiger partial charge in [-0.2, -0.15) is 11.8 Å². The summed E-state index contributed by atoms with van der Waals surface area (Å²) in [5.41, 5.74) is 0.725. The van der Waals surface area contributed by atoms with Crippen LogP contribution >= 0.6 is 18.5 Å². The zero-order valence-electron chi connectivity index (χ0n) is 9.26. The monoisotopic (exact) mass is 297 g/mol. The van der Waals surface area contributed by atoms with Gasteiger partial charge in [0.05, 0.1) is 5.71 Å². The minimum atomic E-state index is -3.51. The van der Waals surface area contributed by atoms with Gasteiger partial charge in [0.1, 0.15) is 0 Å². The quantitative estimate of drug-likeness (QED) is 0.183. The molecule has 9 heteroatoms. The van der Waals surface area contributed by atoms with Gasteiger partial charge in [0, 0.05) is 12.9 Å². The van der Waals surface area contributed by atoms with Gasteiger partial charge in [-0.1, -0.05) is 12.1 Å². The van der Waals surface area contributed by atoms with Crippen molar-refractivity contribution >= 4 is 36.0 Å². The van der Waals surface area contributed by atoms with Crippen LogP contribution in [0.25, 0.3) is 0 Å². The van der Waals surface area contributed by atoms with Crippen LogP contribution in [0.1, 0.15) is 13.8 Å². The molecule has 0 radical (unpaired) electrons. The second-order valence-electron chi connectivity index (χ2n) is 2.24. The minimum Gasteiger partial charge on any atom is -0.777 e. The first kappa shape index (κ1) is 19.3. The van der Waals surface area contributed by atoms with Gasteiger partial charge in [-0.05, 0) is 24.5 Å². The first-order chi connectivity index (χ1) is 6.52. The molecule has 0 amide bonds. The summed E-state index contributed by atoms with van der Waals surface area (Å²) in [5.74, 6) is 1.72. The summed E-state index contributed by atoms with van der Waals surface area (Å²) in [6, 6.07) is 0. The Balaban J connectivity index is 0. The fourth-order valence-electron chi connectivity index (χ4n) is 0.428. The van der Waals surface area contributed by atoms with Gasteiger partial charge >= 0.3 is 51.4 Å². The van der Waals surface area contributed by atoms with Crippen molar-refractivity contribution in [1.82, 2.24) is 0 Å². The molecule has 0 aliphatic carbocycles. The number of nitrogens with zero attached hydrogens (tertiary/aromatic N) is 1. The summed E-state index contributed by atoms with van der Waals surface area (Å²) >= 11 is 6.08. The van der Waals surface area contributed by atoms with E-state index in [1.165, 1.54) is 7.11 Å². The molecular weight excluding hydrogens is 284 g/mol. The number of oxime groups is 1. The Hall–Kier alpha value is 1.99. The smallest absolute Gasteiger partial charge is 0.777 e. The van der Waals surface area contributed by atoms with Crippen molar-refractivity contribution in [2.45, 2.75) is 13.8 Å². The molecular formula is C6H13KNO4PS2. The Morgan fingerprint density at radius 1 is 1.60 bits per heavy atom. The van der Waals surface area contributed by atoms with Gasteiger partial charge in [-0.15, -0.1) is 4.67 Å². The van der Waals surface area contributed by atoms with Gasteiger partial charge < -0.3 is 9.42 Å². The Morgan fingerprint density at radius 2 is 2.20 bits per heavy atom. The van der Waals surface area contributed by atoms with Crippen LogP contribution in [0.15, 0.2) is 5.16 Å². The van der Waals surface area contributed by atoms with Crippen LogP contribution in [0.3, 0.4) is 0 Å². The van der Waals surface area contributed by atoms with Crippen LogP contribution in [0, 0.1) is 0 Å². The van der Waals surface area contributed by atoms with E-state index < -0.39 is 6.72 Å². The Bertz CT molecular complexity index is 241.